The maximum atomic E-state index is 13.5. The summed E-state index contributed by atoms with van der Waals surface area (Å²) in [4.78, 5) is 27.8. The lowest BCUT2D eigenvalue weighted by molar-refractivity contribution is -0.136. The Balaban J connectivity index is 1.83. The zero-order valence-electron chi connectivity index (χ0n) is 16.7. The molecule has 0 saturated heterocycles. The second-order valence-electron chi connectivity index (χ2n) is 6.80. The van der Waals surface area contributed by atoms with E-state index in [1.165, 1.54) is 32.5 Å². The van der Waals surface area contributed by atoms with E-state index in [2.05, 4.69) is 15.4 Å². The lowest BCUT2D eigenvalue weighted by Gasteiger charge is -2.16. The molecular formula is C20H19F3N4O3. The van der Waals surface area contributed by atoms with Crippen LogP contribution >= 0.6 is 0 Å². The van der Waals surface area contributed by atoms with Gasteiger partial charge in [0.15, 0.2) is 17.5 Å². The number of halogens is 3. The largest absolute Gasteiger partial charge is 0.464 e. The van der Waals surface area contributed by atoms with E-state index >= 15 is 0 Å². The number of alkyl halides is 3. The van der Waals surface area contributed by atoms with Gasteiger partial charge in [0.1, 0.15) is 0 Å². The number of benzene rings is 1. The maximum Gasteiger partial charge on any atom is 0.417 e. The Labute approximate surface area is 169 Å². The first-order chi connectivity index (χ1) is 14.0. The highest BCUT2D eigenvalue weighted by Crippen LogP contribution is 2.37. The number of fused-ring (bicyclic) bond motifs is 1. The molecule has 2 heterocycles. The van der Waals surface area contributed by atoms with Gasteiger partial charge in [0.05, 0.1) is 16.6 Å². The molecule has 3 aromatic rings. The van der Waals surface area contributed by atoms with Crippen molar-refractivity contribution in [2.75, 3.05) is 5.32 Å². The van der Waals surface area contributed by atoms with Crippen LogP contribution in [0.3, 0.4) is 0 Å². The second-order valence-corrected chi connectivity index (χ2v) is 6.80. The van der Waals surface area contributed by atoms with Gasteiger partial charge >= 0.3 is 6.18 Å². The van der Waals surface area contributed by atoms with Crippen molar-refractivity contribution in [1.82, 2.24) is 14.8 Å². The molecule has 158 valence electrons. The van der Waals surface area contributed by atoms with E-state index in [-0.39, 0.29) is 28.4 Å². The number of anilines is 1. The number of rotatable bonds is 5. The van der Waals surface area contributed by atoms with Crippen LogP contribution in [0.25, 0.3) is 11.0 Å². The molecule has 0 aliphatic carbocycles. The number of hydrogen-bond donors (Lipinski definition) is 1. The lowest BCUT2D eigenvalue weighted by Crippen LogP contribution is -2.30. The summed E-state index contributed by atoms with van der Waals surface area (Å²) in [5, 5.41) is 6.46. The SMILES string of the molecule is CC(=O)c1ccc(NC(=O)[C@H](C)Oc2cc(C(F)(F)F)c3c(C)nn(C)c3n2)cc1. The highest BCUT2D eigenvalue weighted by molar-refractivity contribution is 5.96. The number of ether oxygens (including phenoxy) is 1. The first-order valence-corrected chi connectivity index (χ1v) is 8.97. The van der Waals surface area contributed by atoms with Gasteiger partial charge in [-0.3, -0.25) is 14.3 Å². The third-order valence-corrected chi connectivity index (χ3v) is 4.48. The number of aryl methyl sites for hydroxylation is 2. The van der Waals surface area contributed by atoms with Crippen LogP contribution in [-0.2, 0) is 18.0 Å². The molecule has 0 aliphatic heterocycles. The van der Waals surface area contributed by atoms with Crippen molar-refractivity contribution in [2.24, 2.45) is 7.05 Å². The Bertz CT molecular complexity index is 1120. The molecule has 0 saturated carbocycles. The summed E-state index contributed by atoms with van der Waals surface area (Å²) >= 11 is 0. The number of amides is 1. The van der Waals surface area contributed by atoms with Crippen LogP contribution in [0.2, 0.25) is 0 Å². The molecule has 3 rings (SSSR count). The smallest absolute Gasteiger partial charge is 0.417 e. The van der Waals surface area contributed by atoms with Crippen LogP contribution in [-0.4, -0.2) is 32.6 Å². The summed E-state index contributed by atoms with van der Waals surface area (Å²) in [6.07, 6.45) is -5.77. The molecule has 0 aliphatic rings. The molecule has 0 radical (unpaired) electrons. The van der Waals surface area contributed by atoms with Gasteiger partial charge in [-0.1, -0.05) is 0 Å². The van der Waals surface area contributed by atoms with Gasteiger partial charge in [-0.15, -0.1) is 0 Å². The summed E-state index contributed by atoms with van der Waals surface area (Å²) < 4.78 is 47.2. The standard InChI is InChI=1S/C20H19F3N4O3/c1-10-17-15(20(21,22)23)9-16(25-18(17)27(4)26-10)30-12(3)19(29)24-14-7-5-13(6-8-14)11(2)28/h5-9,12H,1-4H3,(H,24,29)/t12-/m0/s1. The maximum absolute atomic E-state index is 13.5. The molecule has 0 unspecified atom stereocenters. The Kier molecular flexibility index (Phi) is 5.51. The molecule has 0 fully saturated rings. The fourth-order valence-electron chi connectivity index (χ4n) is 2.97. The van der Waals surface area contributed by atoms with E-state index in [9.17, 15) is 22.8 Å². The van der Waals surface area contributed by atoms with Crippen molar-refractivity contribution in [3.8, 4) is 5.88 Å². The topological polar surface area (TPSA) is 86.1 Å². The molecule has 0 spiro atoms. The molecule has 0 bridgehead atoms. The van der Waals surface area contributed by atoms with Crippen molar-refractivity contribution < 1.29 is 27.5 Å². The van der Waals surface area contributed by atoms with Crippen LogP contribution in [0.4, 0.5) is 18.9 Å². The van der Waals surface area contributed by atoms with Gasteiger partial charge in [-0.2, -0.15) is 23.3 Å². The Morgan fingerprint density at radius 2 is 1.83 bits per heavy atom. The predicted molar refractivity (Wildman–Crippen MR) is 103 cm³/mol. The first kappa shape index (κ1) is 21.3. The summed E-state index contributed by atoms with van der Waals surface area (Å²) in [6, 6.07) is 6.97. The van der Waals surface area contributed by atoms with Gasteiger partial charge in [0.2, 0.25) is 5.88 Å². The minimum Gasteiger partial charge on any atom is -0.464 e. The number of carbonyl (C=O) groups is 2. The van der Waals surface area contributed by atoms with Crippen LogP contribution in [0, 0.1) is 6.92 Å². The highest BCUT2D eigenvalue weighted by atomic mass is 19.4. The summed E-state index contributed by atoms with van der Waals surface area (Å²) in [6.45, 7) is 4.28. The molecule has 1 N–H and O–H groups in total. The van der Waals surface area contributed by atoms with Crippen LogP contribution in [0.1, 0.15) is 35.5 Å². The second kappa shape index (κ2) is 7.77. The highest BCUT2D eigenvalue weighted by Gasteiger charge is 2.36. The van der Waals surface area contributed by atoms with E-state index in [1.54, 1.807) is 24.3 Å². The minimum absolute atomic E-state index is 0.00440. The van der Waals surface area contributed by atoms with E-state index in [0.717, 1.165) is 6.07 Å². The van der Waals surface area contributed by atoms with Crippen molar-refractivity contribution in [3.05, 3.63) is 47.2 Å². The van der Waals surface area contributed by atoms with Crippen LogP contribution in [0.5, 0.6) is 5.88 Å². The van der Waals surface area contributed by atoms with Crippen molar-refractivity contribution in [1.29, 1.82) is 0 Å². The fourth-order valence-corrected chi connectivity index (χ4v) is 2.97. The molecule has 1 amide bonds. The Hall–Kier alpha value is -3.43. The molecule has 10 heteroatoms. The number of pyridine rings is 1. The monoisotopic (exact) mass is 420 g/mol. The third-order valence-electron chi connectivity index (χ3n) is 4.48. The van der Waals surface area contributed by atoms with Gasteiger partial charge < -0.3 is 10.1 Å². The summed E-state index contributed by atoms with van der Waals surface area (Å²) in [5.41, 5.74) is 0.173. The fraction of sp³-hybridized carbons (Fsp3) is 0.300. The molecule has 1 atom stereocenters. The van der Waals surface area contributed by atoms with Crippen LogP contribution in [0.15, 0.2) is 30.3 Å². The molecule has 2 aromatic heterocycles. The molecule has 30 heavy (non-hydrogen) atoms. The Morgan fingerprint density at radius 3 is 2.40 bits per heavy atom. The number of carbonyl (C=O) groups excluding carboxylic acids is 2. The average molecular weight is 420 g/mol. The summed E-state index contributed by atoms with van der Waals surface area (Å²) in [5.74, 6) is -1.04. The van der Waals surface area contributed by atoms with Crippen LogP contribution < -0.4 is 10.1 Å². The van der Waals surface area contributed by atoms with Crippen molar-refractivity contribution >= 4 is 28.4 Å². The summed E-state index contributed by atoms with van der Waals surface area (Å²) in [7, 11) is 1.48. The zero-order chi connectivity index (χ0) is 22.2. The minimum atomic E-state index is -4.64. The molecule has 1 aromatic carbocycles. The van der Waals surface area contributed by atoms with Gasteiger partial charge in [-0.25, -0.2) is 0 Å². The first-order valence-electron chi connectivity index (χ1n) is 8.97. The number of nitrogens with zero attached hydrogens (tertiary/aromatic N) is 3. The van der Waals surface area contributed by atoms with E-state index in [1.807, 2.05) is 0 Å². The lowest BCUT2D eigenvalue weighted by atomic mass is 10.1. The third kappa shape index (κ3) is 4.27. The van der Waals surface area contributed by atoms with E-state index in [4.69, 9.17) is 4.74 Å². The van der Waals surface area contributed by atoms with Gasteiger partial charge in [0.25, 0.3) is 5.91 Å². The van der Waals surface area contributed by atoms with Crippen molar-refractivity contribution in [2.45, 2.75) is 33.1 Å². The zero-order valence-corrected chi connectivity index (χ0v) is 16.7. The predicted octanol–water partition coefficient (Wildman–Crippen LogP) is 3.90. The van der Waals surface area contributed by atoms with Crippen molar-refractivity contribution in [3.63, 3.8) is 0 Å². The number of aromatic nitrogens is 3. The normalized spacial score (nSPS) is 12.6. The quantitative estimate of drug-likeness (QED) is 0.633. The number of Topliss-reactive ketones (excluding diaryl/α,β-unsaturated/α-hetero) is 1. The van der Waals surface area contributed by atoms with Gasteiger partial charge in [0, 0.05) is 24.4 Å². The van der Waals surface area contributed by atoms with E-state index < -0.39 is 23.8 Å². The molecule has 7 nitrogen and oxygen atoms in total. The van der Waals surface area contributed by atoms with Gasteiger partial charge in [-0.05, 0) is 45.0 Å². The van der Waals surface area contributed by atoms with E-state index in [0.29, 0.717) is 11.3 Å². The molecular weight excluding hydrogens is 401 g/mol. The number of hydrogen-bond acceptors (Lipinski definition) is 5. The number of nitrogens with one attached hydrogen (secondary N) is 1. The number of ketones is 1. The average Bonchev–Trinajstić information content (AvgIpc) is 2.94. The Morgan fingerprint density at radius 1 is 1.20 bits per heavy atom.